The molecule has 1 fully saturated rings. The second-order valence-corrected chi connectivity index (χ2v) is 7.22. The fourth-order valence-electron chi connectivity index (χ4n) is 3.39. The Morgan fingerprint density at radius 1 is 1.24 bits per heavy atom. The molecule has 0 saturated heterocycles. The molecule has 3 unspecified atom stereocenters. The summed E-state index contributed by atoms with van der Waals surface area (Å²) in [6.07, 6.45) is 6.71. The Balaban J connectivity index is 2.08. The molecule has 1 aromatic rings. The molecule has 1 aliphatic carbocycles. The molecule has 3 atom stereocenters. The maximum atomic E-state index is 5.52. The summed E-state index contributed by atoms with van der Waals surface area (Å²) in [5.41, 5.74) is 0. The van der Waals surface area contributed by atoms with Crippen LogP contribution in [0.25, 0.3) is 0 Å². The number of hydrogen-bond donors (Lipinski definition) is 1. The van der Waals surface area contributed by atoms with Crippen LogP contribution in [0.1, 0.15) is 46.0 Å². The Morgan fingerprint density at radius 2 is 2.05 bits per heavy atom. The van der Waals surface area contributed by atoms with E-state index in [0.29, 0.717) is 11.3 Å². The maximum Gasteiger partial charge on any atom is 0.132 e. The minimum atomic E-state index is 0.637. The van der Waals surface area contributed by atoms with Crippen LogP contribution in [0, 0.1) is 5.92 Å². The van der Waals surface area contributed by atoms with E-state index in [1.807, 2.05) is 17.8 Å². The van der Waals surface area contributed by atoms with Gasteiger partial charge in [-0.15, -0.1) is 11.8 Å². The summed E-state index contributed by atoms with van der Waals surface area (Å²) in [4.78, 5) is 1.28. The third-order valence-electron chi connectivity index (χ3n) is 4.41. The molecule has 2 rings (SSSR count). The third kappa shape index (κ3) is 4.65. The van der Waals surface area contributed by atoms with Crippen molar-refractivity contribution in [2.24, 2.45) is 5.92 Å². The molecule has 118 valence electrons. The summed E-state index contributed by atoms with van der Waals surface area (Å²) in [6.45, 7) is 5.58. The Morgan fingerprint density at radius 3 is 2.76 bits per heavy atom. The van der Waals surface area contributed by atoms with Crippen LogP contribution in [-0.4, -0.2) is 24.9 Å². The monoisotopic (exact) mass is 307 g/mol. The van der Waals surface area contributed by atoms with Crippen LogP contribution in [-0.2, 0) is 0 Å². The third-order valence-corrected chi connectivity index (χ3v) is 5.83. The highest BCUT2D eigenvalue weighted by atomic mass is 32.2. The quantitative estimate of drug-likeness (QED) is 0.786. The van der Waals surface area contributed by atoms with Crippen molar-refractivity contribution in [2.75, 3.05) is 13.7 Å². The van der Waals surface area contributed by atoms with Gasteiger partial charge in [-0.25, -0.2) is 0 Å². The Hall–Kier alpha value is -0.670. The zero-order valence-electron chi connectivity index (χ0n) is 13.6. The van der Waals surface area contributed by atoms with E-state index in [1.165, 1.54) is 37.0 Å². The number of para-hydroxylation sites is 1. The Bertz CT molecular complexity index is 423. The summed E-state index contributed by atoms with van der Waals surface area (Å²) < 4.78 is 5.52. The predicted octanol–water partition coefficient (Wildman–Crippen LogP) is 4.73. The van der Waals surface area contributed by atoms with Gasteiger partial charge in [0.05, 0.1) is 7.11 Å². The molecule has 21 heavy (non-hydrogen) atoms. The highest BCUT2D eigenvalue weighted by Gasteiger charge is 2.30. The number of hydrogen-bond acceptors (Lipinski definition) is 3. The average molecular weight is 308 g/mol. The lowest BCUT2D eigenvalue weighted by atomic mass is 9.83. The van der Waals surface area contributed by atoms with E-state index in [0.717, 1.165) is 18.2 Å². The molecule has 0 aromatic heterocycles. The molecular weight excluding hydrogens is 278 g/mol. The van der Waals surface area contributed by atoms with Crippen molar-refractivity contribution in [1.29, 1.82) is 0 Å². The van der Waals surface area contributed by atoms with E-state index in [9.17, 15) is 0 Å². The summed E-state index contributed by atoms with van der Waals surface area (Å²) in [7, 11) is 1.77. The van der Waals surface area contributed by atoms with Crippen LogP contribution in [0.15, 0.2) is 29.2 Å². The first-order valence-electron chi connectivity index (χ1n) is 8.31. The zero-order valence-corrected chi connectivity index (χ0v) is 14.4. The minimum absolute atomic E-state index is 0.637. The molecule has 0 aliphatic heterocycles. The van der Waals surface area contributed by atoms with Gasteiger partial charge in [0.15, 0.2) is 0 Å². The zero-order chi connectivity index (χ0) is 15.1. The fraction of sp³-hybridized carbons (Fsp3) is 0.667. The molecule has 0 amide bonds. The van der Waals surface area contributed by atoms with Gasteiger partial charge < -0.3 is 10.1 Å². The van der Waals surface area contributed by atoms with Gasteiger partial charge >= 0.3 is 0 Å². The van der Waals surface area contributed by atoms with Crippen LogP contribution in [0.2, 0.25) is 0 Å². The molecular formula is C18H29NOS. The van der Waals surface area contributed by atoms with Crippen LogP contribution in [0.3, 0.4) is 0 Å². The van der Waals surface area contributed by atoms with Crippen LogP contribution in [0.4, 0.5) is 0 Å². The molecule has 0 bridgehead atoms. The van der Waals surface area contributed by atoms with Gasteiger partial charge in [0.2, 0.25) is 0 Å². The standard InChI is InChI=1S/C18H29NOS/c1-4-8-14-11-12-15(19-5-2)18(13-14)21-17-10-7-6-9-16(17)20-3/h6-7,9-10,14-15,18-19H,4-5,8,11-13H2,1-3H3. The highest BCUT2D eigenvalue weighted by Crippen LogP contribution is 2.41. The van der Waals surface area contributed by atoms with Gasteiger partial charge in [-0.3, -0.25) is 0 Å². The topological polar surface area (TPSA) is 21.3 Å². The lowest BCUT2D eigenvalue weighted by Gasteiger charge is -2.36. The second kappa shape index (κ2) is 8.70. The minimum Gasteiger partial charge on any atom is -0.496 e. The molecule has 0 radical (unpaired) electrons. The van der Waals surface area contributed by atoms with Crippen molar-refractivity contribution in [2.45, 2.75) is 62.1 Å². The van der Waals surface area contributed by atoms with Gasteiger partial charge in [0, 0.05) is 16.2 Å². The van der Waals surface area contributed by atoms with Crippen molar-refractivity contribution in [1.82, 2.24) is 5.32 Å². The molecule has 1 aromatic carbocycles. The van der Waals surface area contributed by atoms with E-state index in [4.69, 9.17) is 4.74 Å². The first-order chi connectivity index (χ1) is 10.3. The number of ether oxygens (including phenoxy) is 1. The second-order valence-electron chi connectivity index (χ2n) is 5.94. The molecule has 0 spiro atoms. The molecule has 1 aliphatic rings. The normalized spacial score (nSPS) is 25.8. The van der Waals surface area contributed by atoms with Gasteiger partial charge in [0.25, 0.3) is 0 Å². The average Bonchev–Trinajstić information content (AvgIpc) is 2.51. The fourth-order valence-corrected chi connectivity index (χ4v) is 4.90. The summed E-state index contributed by atoms with van der Waals surface area (Å²) >= 11 is 2.01. The molecule has 1 saturated carbocycles. The van der Waals surface area contributed by atoms with Gasteiger partial charge in [0.1, 0.15) is 5.75 Å². The van der Waals surface area contributed by atoms with Crippen LogP contribution >= 0.6 is 11.8 Å². The van der Waals surface area contributed by atoms with E-state index >= 15 is 0 Å². The number of benzene rings is 1. The number of nitrogens with one attached hydrogen (secondary N) is 1. The van der Waals surface area contributed by atoms with E-state index in [1.54, 1.807) is 7.11 Å². The van der Waals surface area contributed by atoms with Crippen LogP contribution in [0.5, 0.6) is 5.75 Å². The molecule has 2 nitrogen and oxygen atoms in total. The first kappa shape index (κ1) is 16.7. The molecule has 3 heteroatoms. The smallest absolute Gasteiger partial charge is 0.132 e. The predicted molar refractivity (Wildman–Crippen MR) is 92.4 cm³/mol. The SMILES string of the molecule is CCCC1CCC(NCC)C(Sc2ccccc2OC)C1. The van der Waals surface area contributed by atoms with Crippen molar-refractivity contribution in [3.63, 3.8) is 0 Å². The summed E-state index contributed by atoms with van der Waals surface area (Å²) in [5, 5.41) is 4.35. The Labute approximate surface area is 134 Å². The van der Waals surface area contributed by atoms with Gasteiger partial charge in [-0.05, 0) is 43.9 Å². The van der Waals surface area contributed by atoms with Gasteiger partial charge in [-0.1, -0.05) is 38.8 Å². The van der Waals surface area contributed by atoms with Crippen molar-refractivity contribution < 1.29 is 4.74 Å². The Kier molecular flexibility index (Phi) is 6.91. The highest BCUT2D eigenvalue weighted by molar-refractivity contribution is 8.00. The largest absolute Gasteiger partial charge is 0.496 e. The lowest BCUT2D eigenvalue weighted by molar-refractivity contribution is 0.289. The number of methoxy groups -OCH3 is 1. The lowest BCUT2D eigenvalue weighted by Crippen LogP contribution is -2.42. The van der Waals surface area contributed by atoms with Crippen molar-refractivity contribution in [3.05, 3.63) is 24.3 Å². The maximum absolute atomic E-state index is 5.52. The van der Waals surface area contributed by atoms with E-state index in [-0.39, 0.29) is 0 Å². The van der Waals surface area contributed by atoms with E-state index < -0.39 is 0 Å². The van der Waals surface area contributed by atoms with Crippen molar-refractivity contribution >= 4 is 11.8 Å². The van der Waals surface area contributed by atoms with E-state index in [2.05, 4.69) is 37.4 Å². The first-order valence-corrected chi connectivity index (χ1v) is 9.19. The molecule has 1 N–H and O–H groups in total. The van der Waals surface area contributed by atoms with Crippen LogP contribution < -0.4 is 10.1 Å². The summed E-state index contributed by atoms with van der Waals surface area (Å²) in [5.74, 6) is 1.91. The van der Waals surface area contributed by atoms with Gasteiger partial charge in [-0.2, -0.15) is 0 Å². The molecule has 0 heterocycles. The summed E-state index contributed by atoms with van der Waals surface area (Å²) in [6, 6.07) is 9.05. The number of rotatable bonds is 7. The number of thioether (sulfide) groups is 1. The van der Waals surface area contributed by atoms with Crippen molar-refractivity contribution in [3.8, 4) is 5.75 Å².